The molecule has 1 aliphatic heterocycles. The van der Waals surface area contributed by atoms with E-state index in [1.165, 1.54) is 32.5 Å². The maximum absolute atomic E-state index is 5.41. The Morgan fingerprint density at radius 3 is 2.92 bits per heavy atom. The number of hydrogen-bond acceptors (Lipinski definition) is 2. The Labute approximate surface area is 81.8 Å². The number of allylic oxidation sites excluding steroid dienone is 1. The van der Waals surface area contributed by atoms with Gasteiger partial charge in [0.05, 0.1) is 0 Å². The zero-order chi connectivity index (χ0) is 9.52. The van der Waals surface area contributed by atoms with Crippen LogP contribution in [0.5, 0.6) is 0 Å². The molecule has 0 bridgehead atoms. The highest BCUT2D eigenvalue weighted by Crippen LogP contribution is 2.19. The van der Waals surface area contributed by atoms with E-state index in [0.717, 1.165) is 18.9 Å². The lowest BCUT2D eigenvalue weighted by Gasteiger charge is -2.11. The number of nitrogens with two attached hydrogens (primary N) is 1. The molecule has 1 heterocycles. The van der Waals surface area contributed by atoms with Crippen LogP contribution in [0.3, 0.4) is 0 Å². The molecule has 1 saturated heterocycles. The Balaban J connectivity index is 2.10. The van der Waals surface area contributed by atoms with Crippen molar-refractivity contribution in [2.75, 3.05) is 26.2 Å². The minimum absolute atomic E-state index is 0.780. The molecule has 0 spiro atoms. The van der Waals surface area contributed by atoms with E-state index in [1.54, 1.807) is 0 Å². The molecule has 76 valence electrons. The van der Waals surface area contributed by atoms with E-state index in [1.807, 2.05) is 0 Å². The van der Waals surface area contributed by atoms with Crippen LogP contribution in [-0.2, 0) is 0 Å². The van der Waals surface area contributed by atoms with Crippen LogP contribution in [-0.4, -0.2) is 31.1 Å². The molecular formula is C11H22N2. The topological polar surface area (TPSA) is 29.3 Å². The summed E-state index contributed by atoms with van der Waals surface area (Å²) >= 11 is 0. The Hall–Kier alpha value is -0.340. The van der Waals surface area contributed by atoms with Crippen molar-refractivity contribution in [2.24, 2.45) is 11.7 Å². The first kappa shape index (κ1) is 10.7. The fourth-order valence-corrected chi connectivity index (χ4v) is 1.90. The zero-order valence-electron chi connectivity index (χ0n) is 8.71. The molecule has 2 nitrogen and oxygen atoms in total. The van der Waals surface area contributed by atoms with Crippen LogP contribution in [0.25, 0.3) is 0 Å². The van der Waals surface area contributed by atoms with Gasteiger partial charge in [-0.15, -0.1) is 0 Å². The molecule has 2 N–H and O–H groups in total. The van der Waals surface area contributed by atoms with Gasteiger partial charge in [-0.3, -0.25) is 0 Å². The van der Waals surface area contributed by atoms with Crippen molar-refractivity contribution >= 4 is 0 Å². The maximum atomic E-state index is 5.41. The minimum Gasteiger partial charge on any atom is -0.330 e. The molecule has 1 fully saturated rings. The molecule has 0 aromatic heterocycles. The summed E-state index contributed by atoms with van der Waals surface area (Å²) in [6, 6.07) is 0. The van der Waals surface area contributed by atoms with Crippen LogP contribution in [0, 0.1) is 5.92 Å². The van der Waals surface area contributed by atoms with E-state index in [-0.39, 0.29) is 0 Å². The molecular weight excluding hydrogens is 160 g/mol. The van der Waals surface area contributed by atoms with E-state index in [9.17, 15) is 0 Å². The Morgan fingerprint density at radius 1 is 1.46 bits per heavy atom. The highest BCUT2D eigenvalue weighted by molar-refractivity contribution is 4.87. The van der Waals surface area contributed by atoms with Crippen molar-refractivity contribution in [3.63, 3.8) is 0 Å². The van der Waals surface area contributed by atoms with E-state index in [0.29, 0.717) is 0 Å². The summed E-state index contributed by atoms with van der Waals surface area (Å²) in [7, 11) is 0. The Morgan fingerprint density at radius 2 is 2.31 bits per heavy atom. The van der Waals surface area contributed by atoms with Crippen LogP contribution < -0.4 is 5.73 Å². The van der Waals surface area contributed by atoms with Crippen molar-refractivity contribution in [2.45, 2.75) is 26.2 Å². The van der Waals surface area contributed by atoms with Gasteiger partial charge >= 0.3 is 0 Å². The first-order valence-corrected chi connectivity index (χ1v) is 5.44. The lowest BCUT2D eigenvalue weighted by Crippen LogP contribution is -2.19. The van der Waals surface area contributed by atoms with Crippen molar-refractivity contribution in [1.29, 1.82) is 0 Å². The normalized spacial score (nSPS) is 24.6. The van der Waals surface area contributed by atoms with Gasteiger partial charge in [0.25, 0.3) is 0 Å². The van der Waals surface area contributed by atoms with Crippen LogP contribution in [0.1, 0.15) is 26.2 Å². The third-order valence-corrected chi connectivity index (χ3v) is 2.79. The minimum atomic E-state index is 0.780. The van der Waals surface area contributed by atoms with Gasteiger partial charge in [0.1, 0.15) is 0 Å². The molecule has 13 heavy (non-hydrogen) atoms. The maximum Gasteiger partial charge on any atom is 0.00130 e. The molecule has 0 saturated carbocycles. The number of likely N-dealkylation sites (tertiary alicyclic amines) is 1. The first-order valence-electron chi connectivity index (χ1n) is 5.44. The van der Waals surface area contributed by atoms with E-state index in [2.05, 4.69) is 24.0 Å². The predicted molar refractivity (Wildman–Crippen MR) is 57.6 cm³/mol. The van der Waals surface area contributed by atoms with E-state index >= 15 is 0 Å². The van der Waals surface area contributed by atoms with Gasteiger partial charge < -0.3 is 10.6 Å². The van der Waals surface area contributed by atoms with Crippen LogP contribution >= 0.6 is 0 Å². The molecule has 1 atom stereocenters. The third kappa shape index (κ3) is 3.92. The van der Waals surface area contributed by atoms with Crippen molar-refractivity contribution < 1.29 is 0 Å². The van der Waals surface area contributed by atoms with Gasteiger partial charge in [0.2, 0.25) is 0 Å². The highest BCUT2D eigenvalue weighted by atomic mass is 15.1. The van der Waals surface area contributed by atoms with Crippen LogP contribution in [0.2, 0.25) is 0 Å². The summed E-state index contributed by atoms with van der Waals surface area (Å²) < 4.78 is 0. The highest BCUT2D eigenvalue weighted by Gasteiger charge is 2.19. The second-order valence-electron chi connectivity index (χ2n) is 3.83. The summed E-state index contributed by atoms with van der Waals surface area (Å²) in [5.41, 5.74) is 5.41. The molecule has 1 unspecified atom stereocenters. The molecule has 0 aliphatic carbocycles. The first-order chi connectivity index (χ1) is 6.36. The van der Waals surface area contributed by atoms with Gasteiger partial charge in [0.15, 0.2) is 0 Å². The number of rotatable bonds is 5. The smallest absolute Gasteiger partial charge is 0.00130 e. The second kappa shape index (κ2) is 6.17. The molecule has 0 radical (unpaired) electrons. The van der Waals surface area contributed by atoms with E-state index < -0.39 is 0 Å². The third-order valence-electron chi connectivity index (χ3n) is 2.79. The fourth-order valence-electron chi connectivity index (χ4n) is 1.90. The molecule has 2 heteroatoms. The average molecular weight is 182 g/mol. The zero-order valence-corrected chi connectivity index (χ0v) is 8.71. The van der Waals surface area contributed by atoms with Gasteiger partial charge in [-0.25, -0.2) is 0 Å². The second-order valence-corrected chi connectivity index (χ2v) is 3.83. The van der Waals surface area contributed by atoms with E-state index in [4.69, 9.17) is 5.73 Å². The van der Waals surface area contributed by atoms with Crippen LogP contribution in [0.15, 0.2) is 12.2 Å². The van der Waals surface area contributed by atoms with Crippen molar-refractivity contribution in [3.05, 3.63) is 12.2 Å². The Kier molecular flexibility index (Phi) is 5.09. The summed E-state index contributed by atoms with van der Waals surface area (Å²) in [6.07, 6.45) is 8.17. The number of nitrogens with zero attached hydrogens (tertiary/aromatic N) is 1. The molecule has 1 aliphatic rings. The van der Waals surface area contributed by atoms with Gasteiger partial charge in [-0.05, 0) is 44.8 Å². The SMILES string of the molecule is CCN1CCC(C/C=C\CCN)C1. The van der Waals surface area contributed by atoms with Crippen molar-refractivity contribution in [3.8, 4) is 0 Å². The quantitative estimate of drug-likeness (QED) is 0.655. The van der Waals surface area contributed by atoms with Crippen molar-refractivity contribution in [1.82, 2.24) is 4.90 Å². The van der Waals surface area contributed by atoms with Gasteiger partial charge in [-0.1, -0.05) is 19.1 Å². The molecule has 1 rings (SSSR count). The fraction of sp³-hybridized carbons (Fsp3) is 0.818. The largest absolute Gasteiger partial charge is 0.330 e. The summed E-state index contributed by atoms with van der Waals surface area (Å²) in [5, 5.41) is 0. The predicted octanol–water partition coefficient (Wildman–Crippen LogP) is 1.62. The Bertz CT molecular complexity index is 154. The number of hydrogen-bond donors (Lipinski definition) is 1. The molecule has 0 aromatic rings. The van der Waals surface area contributed by atoms with Gasteiger partial charge in [-0.2, -0.15) is 0 Å². The lowest BCUT2D eigenvalue weighted by molar-refractivity contribution is 0.342. The molecule has 0 aromatic carbocycles. The lowest BCUT2D eigenvalue weighted by atomic mass is 10.0. The standard InChI is InChI=1S/C11H22N2/c1-2-13-9-7-11(10-13)6-4-3-5-8-12/h3-4,11H,2,5-10,12H2,1H3/b4-3-. The molecule has 0 amide bonds. The summed E-state index contributed by atoms with van der Waals surface area (Å²) in [4.78, 5) is 2.53. The monoisotopic (exact) mass is 182 g/mol. The summed E-state index contributed by atoms with van der Waals surface area (Å²) in [5.74, 6) is 0.897. The van der Waals surface area contributed by atoms with Gasteiger partial charge in [0, 0.05) is 6.54 Å². The van der Waals surface area contributed by atoms with Crippen LogP contribution in [0.4, 0.5) is 0 Å². The summed E-state index contributed by atoms with van der Waals surface area (Å²) in [6.45, 7) is 6.83. The average Bonchev–Trinajstić information content (AvgIpc) is 2.60.